The van der Waals surface area contributed by atoms with Crippen LogP contribution >= 0.6 is 11.3 Å². The highest BCUT2D eigenvalue weighted by Crippen LogP contribution is 2.21. The van der Waals surface area contributed by atoms with Crippen molar-refractivity contribution in [2.75, 3.05) is 6.54 Å². The molecule has 0 aliphatic rings. The van der Waals surface area contributed by atoms with E-state index in [-0.39, 0.29) is 11.9 Å². The number of nitrogens with one attached hydrogen (secondary N) is 1. The van der Waals surface area contributed by atoms with Gasteiger partial charge in [-0.25, -0.2) is 0 Å². The zero-order valence-corrected chi connectivity index (χ0v) is 12.1. The lowest BCUT2D eigenvalue weighted by Crippen LogP contribution is -2.31. The monoisotopic (exact) mass is 277 g/mol. The van der Waals surface area contributed by atoms with E-state index in [0.717, 1.165) is 0 Å². The summed E-state index contributed by atoms with van der Waals surface area (Å²) in [6, 6.07) is 6.07. The summed E-state index contributed by atoms with van der Waals surface area (Å²) < 4.78 is 1.89. The Bertz CT molecular complexity index is 457. The average molecular weight is 277 g/mol. The summed E-state index contributed by atoms with van der Waals surface area (Å²) in [5, 5.41) is 9.32. The molecule has 0 saturated heterocycles. The molecule has 5 heteroatoms. The van der Waals surface area contributed by atoms with Crippen molar-refractivity contribution in [2.45, 2.75) is 26.3 Å². The van der Waals surface area contributed by atoms with Crippen LogP contribution in [0.25, 0.3) is 0 Å². The molecule has 0 bridgehead atoms. The fourth-order valence-electron chi connectivity index (χ4n) is 1.92. The third-order valence-electron chi connectivity index (χ3n) is 2.80. The van der Waals surface area contributed by atoms with Crippen LogP contribution in [-0.4, -0.2) is 22.2 Å². The Balaban J connectivity index is 2.02. The van der Waals surface area contributed by atoms with Gasteiger partial charge in [-0.1, -0.05) is 19.9 Å². The Labute approximate surface area is 117 Å². The minimum absolute atomic E-state index is 0.0751. The van der Waals surface area contributed by atoms with Crippen molar-refractivity contribution in [3.8, 4) is 0 Å². The molecule has 19 heavy (non-hydrogen) atoms. The van der Waals surface area contributed by atoms with Crippen LogP contribution in [0, 0.1) is 5.92 Å². The van der Waals surface area contributed by atoms with Crippen molar-refractivity contribution < 1.29 is 4.79 Å². The van der Waals surface area contributed by atoms with Crippen LogP contribution in [0.1, 0.15) is 31.2 Å². The summed E-state index contributed by atoms with van der Waals surface area (Å²) in [6.45, 7) is 4.67. The van der Waals surface area contributed by atoms with E-state index in [1.165, 1.54) is 4.88 Å². The van der Waals surface area contributed by atoms with Crippen molar-refractivity contribution in [2.24, 2.45) is 5.92 Å². The summed E-state index contributed by atoms with van der Waals surface area (Å²) in [4.78, 5) is 13.0. The molecule has 2 heterocycles. The Kier molecular flexibility index (Phi) is 4.74. The first-order valence-corrected chi connectivity index (χ1v) is 7.34. The first kappa shape index (κ1) is 13.8. The Morgan fingerprint density at radius 1 is 1.47 bits per heavy atom. The molecule has 0 fully saturated rings. The topological polar surface area (TPSA) is 46.9 Å². The van der Waals surface area contributed by atoms with Crippen molar-refractivity contribution in [1.82, 2.24) is 15.1 Å². The van der Waals surface area contributed by atoms with Gasteiger partial charge >= 0.3 is 0 Å². The number of hydrogen-bond acceptors (Lipinski definition) is 3. The lowest BCUT2D eigenvalue weighted by atomic mass is 10.1. The Morgan fingerprint density at radius 3 is 2.89 bits per heavy atom. The van der Waals surface area contributed by atoms with Gasteiger partial charge in [0.05, 0.1) is 0 Å². The van der Waals surface area contributed by atoms with Crippen LogP contribution in [0.5, 0.6) is 0 Å². The van der Waals surface area contributed by atoms with E-state index < -0.39 is 0 Å². The zero-order chi connectivity index (χ0) is 13.7. The number of thiophene rings is 1. The molecule has 0 radical (unpaired) electrons. The molecule has 0 aliphatic carbocycles. The maximum absolute atomic E-state index is 11.8. The highest BCUT2D eigenvalue weighted by Gasteiger charge is 2.16. The van der Waals surface area contributed by atoms with Gasteiger partial charge < -0.3 is 5.32 Å². The molecule has 0 aromatic carbocycles. The molecule has 1 atom stereocenters. The first-order valence-electron chi connectivity index (χ1n) is 6.46. The van der Waals surface area contributed by atoms with Gasteiger partial charge in [-0.05, 0) is 23.4 Å². The standard InChI is InChI=1S/C14H19N3OS/c1-11(2)9-14(18)15-10-12(13-5-3-8-19-13)17-7-4-6-16-17/h3-8,11-12H,9-10H2,1-2H3,(H,15,18). The van der Waals surface area contributed by atoms with Gasteiger partial charge in [-0.2, -0.15) is 5.10 Å². The molecule has 1 unspecified atom stereocenters. The predicted molar refractivity (Wildman–Crippen MR) is 77.1 cm³/mol. The van der Waals surface area contributed by atoms with Gasteiger partial charge in [-0.3, -0.25) is 9.48 Å². The van der Waals surface area contributed by atoms with Crippen molar-refractivity contribution in [1.29, 1.82) is 0 Å². The van der Waals surface area contributed by atoms with E-state index in [1.807, 2.05) is 42.2 Å². The van der Waals surface area contributed by atoms with Crippen LogP contribution in [0.2, 0.25) is 0 Å². The molecule has 0 saturated carbocycles. The van der Waals surface area contributed by atoms with Crippen molar-refractivity contribution in [3.05, 3.63) is 40.8 Å². The quantitative estimate of drug-likeness (QED) is 0.882. The SMILES string of the molecule is CC(C)CC(=O)NCC(c1cccs1)n1cccn1. The fraction of sp³-hybridized carbons (Fsp3) is 0.429. The lowest BCUT2D eigenvalue weighted by Gasteiger charge is -2.17. The third-order valence-corrected chi connectivity index (χ3v) is 3.78. The molecule has 0 aliphatic heterocycles. The van der Waals surface area contributed by atoms with Crippen LogP contribution in [0.15, 0.2) is 36.0 Å². The molecular weight excluding hydrogens is 258 g/mol. The van der Waals surface area contributed by atoms with E-state index in [4.69, 9.17) is 0 Å². The highest BCUT2D eigenvalue weighted by molar-refractivity contribution is 7.10. The van der Waals surface area contributed by atoms with E-state index in [0.29, 0.717) is 18.9 Å². The number of nitrogens with zero attached hydrogens (tertiary/aromatic N) is 2. The summed E-state index contributed by atoms with van der Waals surface area (Å²) in [7, 11) is 0. The largest absolute Gasteiger partial charge is 0.354 e. The predicted octanol–water partition coefficient (Wildman–Crippen LogP) is 2.70. The second kappa shape index (κ2) is 6.52. The maximum Gasteiger partial charge on any atom is 0.220 e. The van der Waals surface area contributed by atoms with E-state index in [1.54, 1.807) is 17.5 Å². The minimum atomic E-state index is 0.0751. The van der Waals surface area contributed by atoms with Crippen LogP contribution in [-0.2, 0) is 4.79 Å². The third kappa shape index (κ3) is 3.92. The Morgan fingerprint density at radius 2 is 2.32 bits per heavy atom. The molecule has 102 valence electrons. The van der Waals surface area contributed by atoms with Gasteiger partial charge in [0.15, 0.2) is 0 Å². The zero-order valence-electron chi connectivity index (χ0n) is 11.2. The van der Waals surface area contributed by atoms with E-state index in [9.17, 15) is 4.79 Å². The number of rotatable bonds is 6. The van der Waals surface area contributed by atoms with Crippen molar-refractivity contribution >= 4 is 17.2 Å². The fourth-order valence-corrected chi connectivity index (χ4v) is 2.74. The minimum Gasteiger partial charge on any atom is -0.354 e. The van der Waals surface area contributed by atoms with Gasteiger partial charge in [0.2, 0.25) is 5.91 Å². The summed E-state index contributed by atoms with van der Waals surface area (Å²) >= 11 is 1.68. The number of amides is 1. The molecule has 1 N–H and O–H groups in total. The molecule has 0 spiro atoms. The van der Waals surface area contributed by atoms with E-state index in [2.05, 4.69) is 16.5 Å². The van der Waals surface area contributed by atoms with Crippen LogP contribution < -0.4 is 5.32 Å². The summed E-state index contributed by atoms with van der Waals surface area (Å²) in [6.07, 6.45) is 4.26. The first-order chi connectivity index (χ1) is 9.16. The number of hydrogen-bond donors (Lipinski definition) is 1. The highest BCUT2D eigenvalue weighted by atomic mass is 32.1. The molecule has 2 aromatic heterocycles. The molecule has 1 amide bonds. The Hall–Kier alpha value is -1.62. The lowest BCUT2D eigenvalue weighted by molar-refractivity contribution is -0.121. The summed E-state index contributed by atoms with van der Waals surface area (Å²) in [5.41, 5.74) is 0. The van der Waals surface area contributed by atoms with E-state index >= 15 is 0 Å². The molecule has 4 nitrogen and oxygen atoms in total. The van der Waals surface area contributed by atoms with Crippen LogP contribution in [0.4, 0.5) is 0 Å². The van der Waals surface area contributed by atoms with Gasteiger partial charge in [-0.15, -0.1) is 11.3 Å². The molecule has 2 rings (SSSR count). The number of carbonyl (C=O) groups is 1. The molecule has 2 aromatic rings. The average Bonchev–Trinajstić information content (AvgIpc) is 3.00. The van der Waals surface area contributed by atoms with Crippen molar-refractivity contribution in [3.63, 3.8) is 0 Å². The van der Waals surface area contributed by atoms with Crippen LogP contribution in [0.3, 0.4) is 0 Å². The van der Waals surface area contributed by atoms with Gasteiger partial charge in [0, 0.05) is 30.2 Å². The smallest absolute Gasteiger partial charge is 0.220 e. The number of aromatic nitrogens is 2. The molecular formula is C14H19N3OS. The second-order valence-electron chi connectivity index (χ2n) is 4.92. The summed E-state index contributed by atoms with van der Waals surface area (Å²) in [5.74, 6) is 0.480. The van der Waals surface area contributed by atoms with Gasteiger partial charge in [0.25, 0.3) is 0 Å². The van der Waals surface area contributed by atoms with Gasteiger partial charge in [0.1, 0.15) is 6.04 Å². The maximum atomic E-state index is 11.8. The number of carbonyl (C=O) groups excluding carboxylic acids is 1. The second-order valence-corrected chi connectivity index (χ2v) is 5.90. The normalized spacial score (nSPS) is 12.6.